The van der Waals surface area contributed by atoms with Gasteiger partial charge in [0.1, 0.15) is 6.07 Å². The van der Waals surface area contributed by atoms with Crippen LogP contribution in [-0.4, -0.2) is 12.6 Å². The standard InChI is InChI=1S/C45H28N4Si/c46-29-32-23-26-44-42(27-32)39-20-10-11-22-43(39)49(44)45-34(31-48)13-12-21-40(45)41-28-38(25-24-33(41)30-47)50(35-14-4-1-5-15-35,36-16-6-2-7-17-36)37-18-8-3-9-19-37/h1-28H. The summed E-state index contributed by atoms with van der Waals surface area (Å²) in [4.78, 5) is 0. The number of hydrogen-bond acceptors (Lipinski definition) is 3. The Labute approximate surface area is 291 Å². The average molecular weight is 653 g/mol. The number of para-hydroxylation sites is 2. The molecule has 0 bridgehead atoms. The normalized spacial score (nSPS) is 11.1. The number of nitrogens with zero attached hydrogens (tertiary/aromatic N) is 4. The second-order valence-corrected chi connectivity index (χ2v) is 16.0. The molecule has 0 aliphatic rings. The Morgan fingerprint density at radius 3 is 1.58 bits per heavy atom. The Morgan fingerprint density at radius 1 is 0.400 bits per heavy atom. The van der Waals surface area contributed by atoms with Crippen molar-refractivity contribution in [2.45, 2.75) is 0 Å². The molecule has 5 heteroatoms. The maximum Gasteiger partial charge on any atom is 0.179 e. The summed E-state index contributed by atoms with van der Waals surface area (Å²) in [6.45, 7) is 0. The monoisotopic (exact) mass is 652 g/mol. The van der Waals surface area contributed by atoms with Crippen LogP contribution in [0, 0.1) is 34.0 Å². The van der Waals surface area contributed by atoms with Crippen LogP contribution in [0.5, 0.6) is 0 Å². The topological polar surface area (TPSA) is 76.3 Å². The molecule has 8 aromatic rings. The summed E-state index contributed by atoms with van der Waals surface area (Å²) in [7, 11) is -2.92. The van der Waals surface area contributed by atoms with Crippen molar-refractivity contribution in [1.82, 2.24) is 4.57 Å². The van der Waals surface area contributed by atoms with Gasteiger partial charge in [-0.2, -0.15) is 15.8 Å². The number of benzene rings is 7. The second-order valence-electron chi connectivity index (χ2n) is 12.2. The largest absolute Gasteiger partial charge is 0.307 e. The van der Waals surface area contributed by atoms with Gasteiger partial charge in [0, 0.05) is 21.9 Å². The van der Waals surface area contributed by atoms with E-state index in [2.05, 4.69) is 108 Å². The van der Waals surface area contributed by atoms with Gasteiger partial charge in [-0.1, -0.05) is 133 Å². The fourth-order valence-electron chi connectivity index (χ4n) is 7.54. The molecule has 0 saturated heterocycles. The Hall–Kier alpha value is -6.97. The first-order valence-electron chi connectivity index (χ1n) is 16.4. The first-order valence-corrected chi connectivity index (χ1v) is 18.4. The zero-order valence-electron chi connectivity index (χ0n) is 27.0. The molecule has 0 aliphatic carbocycles. The maximum atomic E-state index is 10.6. The molecule has 7 aromatic carbocycles. The van der Waals surface area contributed by atoms with E-state index in [1.54, 1.807) is 0 Å². The highest BCUT2D eigenvalue weighted by Crippen LogP contribution is 2.39. The highest BCUT2D eigenvalue weighted by atomic mass is 28.3. The number of nitriles is 3. The molecule has 232 valence electrons. The van der Waals surface area contributed by atoms with Gasteiger partial charge < -0.3 is 4.57 Å². The summed E-state index contributed by atoms with van der Waals surface area (Å²) < 4.78 is 2.11. The molecule has 0 unspecified atom stereocenters. The summed E-state index contributed by atoms with van der Waals surface area (Å²) in [5.74, 6) is 0. The van der Waals surface area contributed by atoms with Crippen molar-refractivity contribution in [3.8, 4) is 35.0 Å². The minimum atomic E-state index is -2.92. The third kappa shape index (κ3) is 4.72. The van der Waals surface area contributed by atoms with Gasteiger partial charge in [0.2, 0.25) is 0 Å². The Kier molecular flexibility index (Phi) is 7.63. The Morgan fingerprint density at radius 2 is 0.980 bits per heavy atom. The van der Waals surface area contributed by atoms with Crippen molar-refractivity contribution in [1.29, 1.82) is 15.8 Å². The van der Waals surface area contributed by atoms with E-state index in [-0.39, 0.29) is 0 Å². The van der Waals surface area contributed by atoms with E-state index in [4.69, 9.17) is 0 Å². The van der Waals surface area contributed by atoms with Crippen molar-refractivity contribution in [3.63, 3.8) is 0 Å². The molecule has 1 aromatic heterocycles. The van der Waals surface area contributed by atoms with Crippen LogP contribution in [0.2, 0.25) is 0 Å². The predicted octanol–water partition coefficient (Wildman–Crippen LogP) is 7.44. The lowest BCUT2D eigenvalue weighted by Crippen LogP contribution is -2.74. The molecular formula is C45H28N4Si. The van der Waals surface area contributed by atoms with Gasteiger partial charge in [0.05, 0.1) is 45.5 Å². The van der Waals surface area contributed by atoms with Gasteiger partial charge in [-0.3, -0.25) is 0 Å². The molecule has 0 aliphatic heterocycles. The van der Waals surface area contributed by atoms with Crippen molar-refractivity contribution >= 4 is 50.6 Å². The molecular weight excluding hydrogens is 625 g/mol. The van der Waals surface area contributed by atoms with E-state index in [0.717, 1.165) is 38.1 Å². The highest BCUT2D eigenvalue weighted by Gasteiger charge is 2.41. The summed E-state index contributed by atoms with van der Waals surface area (Å²) >= 11 is 0. The lowest BCUT2D eigenvalue weighted by molar-refractivity contribution is 1.17. The first kappa shape index (κ1) is 30.4. The smallest absolute Gasteiger partial charge is 0.179 e. The molecule has 0 atom stereocenters. The number of hydrogen-bond donors (Lipinski definition) is 0. The fourth-order valence-corrected chi connectivity index (χ4v) is 12.3. The minimum absolute atomic E-state index is 0.487. The van der Waals surface area contributed by atoms with Crippen LogP contribution in [0.1, 0.15) is 16.7 Å². The Balaban J connectivity index is 1.49. The van der Waals surface area contributed by atoms with E-state index in [1.165, 1.54) is 15.6 Å². The van der Waals surface area contributed by atoms with E-state index in [9.17, 15) is 15.8 Å². The van der Waals surface area contributed by atoms with E-state index < -0.39 is 8.07 Å². The molecule has 0 saturated carbocycles. The summed E-state index contributed by atoms with van der Waals surface area (Å²) in [6, 6.07) is 65.0. The van der Waals surface area contributed by atoms with Crippen LogP contribution in [0.15, 0.2) is 170 Å². The zero-order valence-corrected chi connectivity index (χ0v) is 28.0. The van der Waals surface area contributed by atoms with Gasteiger partial charge in [0.25, 0.3) is 0 Å². The lowest BCUT2D eigenvalue weighted by atomic mass is 9.96. The SMILES string of the molecule is N#Cc1ccc2c(c1)c1ccccc1n2-c1c(C#N)cccc1-c1cc([Si](c2ccccc2)(c2ccccc2)c2ccccc2)ccc1C#N. The molecule has 1 heterocycles. The van der Waals surface area contributed by atoms with E-state index >= 15 is 0 Å². The van der Waals surface area contributed by atoms with Gasteiger partial charge >= 0.3 is 0 Å². The van der Waals surface area contributed by atoms with Crippen LogP contribution in [-0.2, 0) is 0 Å². The number of fused-ring (bicyclic) bond motifs is 3. The highest BCUT2D eigenvalue weighted by molar-refractivity contribution is 7.19. The molecule has 50 heavy (non-hydrogen) atoms. The zero-order chi connectivity index (χ0) is 34.1. The van der Waals surface area contributed by atoms with E-state index in [0.29, 0.717) is 22.4 Å². The molecule has 0 amide bonds. The summed E-state index contributed by atoms with van der Waals surface area (Å²) in [5, 5.41) is 37.7. The van der Waals surface area contributed by atoms with E-state index in [1.807, 2.05) is 84.9 Å². The number of aromatic nitrogens is 1. The van der Waals surface area contributed by atoms with Crippen molar-refractivity contribution in [2.75, 3.05) is 0 Å². The third-order valence-corrected chi connectivity index (χ3v) is 14.4. The third-order valence-electron chi connectivity index (χ3n) is 9.67. The summed E-state index contributed by atoms with van der Waals surface area (Å²) in [5.41, 5.74) is 5.62. The van der Waals surface area contributed by atoms with Crippen LogP contribution >= 0.6 is 0 Å². The summed E-state index contributed by atoms with van der Waals surface area (Å²) in [6.07, 6.45) is 0. The van der Waals surface area contributed by atoms with Crippen LogP contribution in [0.25, 0.3) is 38.6 Å². The predicted molar refractivity (Wildman–Crippen MR) is 204 cm³/mol. The van der Waals surface area contributed by atoms with Crippen LogP contribution in [0.4, 0.5) is 0 Å². The van der Waals surface area contributed by atoms with Gasteiger partial charge in [-0.25, -0.2) is 0 Å². The van der Waals surface area contributed by atoms with Crippen molar-refractivity contribution in [3.05, 3.63) is 187 Å². The second kappa shape index (κ2) is 12.6. The molecule has 4 nitrogen and oxygen atoms in total. The van der Waals surface area contributed by atoms with Gasteiger partial charge in [-0.15, -0.1) is 0 Å². The molecule has 0 fully saturated rings. The lowest BCUT2D eigenvalue weighted by Gasteiger charge is -2.35. The van der Waals surface area contributed by atoms with Crippen molar-refractivity contribution in [2.24, 2.45) is 0 Å². The van der Waals surface area contributed by atoms with Gasteiger partial charge in [-0.05, 0) is 57.1 Å². The Bertz CT molecular complexity index is 2580. The minimum Gasteiger partial charge on any atom is -0.307 e. The average Bonchev–Trinajstić information content (AvgIpc) is 3.52. The van der Waals surface area contributed by atoms with Gasteiger partial charge in [0.15, 0.2) is 8.07 Å². The molecule has 0 spiro atoms. The molecule has 0 N–H and O–H groups in total. The van der Waals surface area contributed by atoms with Crippen molar-refractivity contribution < 1.29 is 0 Å². The molecule has 0 radical (unpaired) electrons. The molecule has 8 rings (SSSR count). The maximum absolute atomic E-state index is 10.6. The number of rotatable bonds is 6. The quantitative estimate of drug-likeness (QED) is 0.138. The van der Waals surface area contributed by atoms with Crippen LogP contribution < -0.4 is 20.7 Å². The van der Waals surface area contributed by atoms with Crippen LogP contribution in [0.3, 0.4) is 0 Å². The fraction of sp³-hybridized carbons (Fsp3) is 0. The first-order chi connectivity index (χ1) is 24.7.